The molecule has 1 N–H and O–H groups in total. The van der Waals surface area contributed by atoms with Crippen LogP contribution in [0, 0.1) is 6.92 Å². The van der Waals surface area contributed by atoms with Crippen molar-refractivity contribution in [1.29, 1.82) is 0 Å². The largest absolute Gasteiger partial charge is 0.480 e. The maximum Gasteiger partial charge on any atom is 0.338 e. The van der Waals surface area contributed by atoms with Crippen molar-refractivity contribution in [2.75, 3.05) is 13.7 Å². The Morgan fingerprint density at radius 3 is 2.50 bits per heavy atom. The lowest BCUT2D eigenvalue weighted by Gasteiger charge is -2.14. The summed E-state index contributed by atoms with van der Waals surface area (Å²) in [4.78, 5) is 23.8. The molecule has 2 aromatic carbocycles. The van der Waals surface area contributed by atoms with Crippen LogP contribution < -0.4 is 14.8 Å². The second-order valence-corrected chi connectivity index (χ2v) is 6.62. The van der Waals surface area contributed by atoms with Gasteiger partial charge in [-0.3, -0.25) is 4.79 Å². The zero-order valence-electron chi connectivity index (χ0n) is 16.4. The number of rotatable bonds is 6. The Bertz CT molecular complexity index is 1080. The van der Waals surface area contributed by atoms with E-state index in [4.69, 9.17) is 18.6 Å². The summed E-state index contributed by atoms with van der Waals surface area (Å²) in [5, 5.41) is 10.5. The molecule has 2 heterocycles. The molecule has 0 unspecified atom stereocenters. The summed E-state index contributed by atoms with van der Waals surface area (Å²) in [5.74, 6) is 1.41. The highest BCUT2D eigenvalue weighted by atomic mass is 16.5. The van der Waals surface area contributed by atoms with Gasteiger partial charge in [-0.1, -0.05) is 0 Å². The SMILES string of the molecule is COC(=O)c1cc(Oc2ccc(-c3nnc(C)o3)cc2)cc(O[C@H]2CCNC2=O)c1. The number of nitrogens with zero attached hydrogens (tertiary/aromatic N) is 2. The van der Waals surface area contributed by atoms with Gasteiger partial charge in [0.05, 0.1) is 12.7 Å². The van der Waals surface area contributed by atoms with Crippen LogP contribution in [0.4, 0.5) is 0 Å². The Balaban J connectivity index is 1.56. The normalized spacial score (nSPS) is 15.5. The van der Waals surface area contributed by atoms with Crippen molar-refractivity contribution >= 4 is 11.9 Å². The molecule has 3 aromatic rings. The van der Waals surface area contributed by atoms with Crippen LogP contribution in [-0.2, 0) is 9.53 Å². The molecule has 0 bridgehead atoms. The van der Waals surface area contributed by atoms with E-state index in [1.807, 2.05) is 0 Å². The van der Waals surface area contributed by atoms with Crippen molar-refractivity contribution < 1.29 is 28.2 Å². The Hall–Kier alpha value is -3.88. The fourth-order valence-corrected chi connectivity index (χ4v) is 3.00. The molecule has 154 valence electrons. The fraction of sp³-hybridized carbons (Fsp3) is 0.238. The molecule has 4 rings (SSSR count). The first-order valence-corrected chi connectivity index (χ1v) is 9.28. The summed E-state index contributed by atoms with van der Waals surface area (Å²) in [6.45, 7) is 2.27. The number of carbonyl (C=O) groups is 2. The van der Waals surface area contributed by atoms with Crippen molar-refractivity contribution in [3.8, 4) is 28.7 Å². The Morgan fingerprint density at radius 1 is 1.10 bits per heavy atom. The van der Waals surface area contributed by atoms with Crippen LogP contribution in [0.15, 0.2) is 46.9 Å². The molecule has 1 atom stereocenters. The second-order valence-electron chi connectivity index (χ2n) is 6.62. The van der Waals surface area contributed by atoms with Gasteiger partial charge < -0.3 is 23.9 Å². The zero-order chi connectivity index (χ0) is 21.1. The van der Waals surface area contributed by atoms with E-state index in [2.05, 4.69) is 15.5 Å². The molecular formula is C21H19N3O6. The summed E-state index contributed by atoms with van der Waals surface area (Å²) in [6.07, 6.45) is -0.0587. The van der Waals surface area contributed by atoms with Gasteiger partial charge in [-0.05, 0) is 36.4 Å². The fourth-order valence-electron chi connectivity index (χ4n) is 3.00. The van der Waals surface area contributed by atoms with E-state index in [1.54, 1.807) is 43.3 Å². The third-order valence-corrected chi connectivity index (χ3v) is 4.44. The van der Waals surface area contributed by atoms with Crippen LogP contribution in [-0.4, -0.2) is 41.8 Å². The van der Waals surface area contributed by atoms with Gasteiger partial charge >= 0.3 is 5.97 Å². The van der Waals surface area contributed by atoms with Crippen LogP contribution in [0.2, 0.25) is 0 Å². The van der Waals surface area contributed by atoms with Gasteiger partial charge in [-0.2, -0.15) is 0 Å². The summed E-state index contributed by atoms with van der Waals surface area (Å²) in [5.41, 5.74) is 1.00. The lowest BCUT2D eigenvalue weighted by molar-refractivity contribution is -0.124. The van der Waals surface area contributed by atoms with E-state index in [0.29, 0.717) is 42.0 Å². The third kappa shape index (κ3) is 4.24. The minimum atomic E-state index is -0.608. The number of amides is 1. The highest BCUT2D eigenvalue weighted by molar-refractivity contribution is 5.90. The highest BCUT2D eigenvalue weighted by Crippen LogP contribution is 2.30. The monoisotopic (exact) mass is 409 g/mol. The Morgan fingerprint density at radius 2 is 1.87 bits per heavy atom. The molecule has 0 saturated carbocycles. The molecular weight excluding hydrogens is 390 g/mol. The standard InChI is InChI=1S/C21H19N3O6/c1-12-23-24-20(28-12)13-3-5-15(6-4-13)29-16-9-14(21(26)27-2)10-17(11-16)30-18-7-8-22-19(18)25/h3-6,9-11,18H,7-8H2,1-2H3,(H,22,25)/t18-/m0/s1. The lowest BCUT2D eigenvalue weighted by Crippen LogP contribution is -2.27. The summed E-state index contributed by atoms with van der Waals surface area (Å²) in [7, 11) is 1.29. The molecule has 1 saturated heterocycles. The van der Waals surface area contributed by atoms with Gasteiger partial charge in [0.1, 0.15) is 17.2 Å². The zero-order valence-corrected chi connectivity index (χ0v) is 16.4. The van der Waals surface area contributed by atoms with Crippen molar-refractivity contribution in [3.63, 3.8) is 0 Å². The van der Waals surface area contributed by atoms with Crippen molar-refractivity contribution in [2.24, 2.45) is 0 Å². The highest BCUT2D eigenvalue weighted by Gasteiger charge is 2.26. The minimum absolute atomic E-state index is 0.187. The molecule has 9 nitrogen and oxygen atoms in total. The topological polar surface area (TPSA) is 113 Å². The van der Waals surface area contributed by atoms with Gasteiger partial charge in [0, 0.05) is 31.5 Å². The maximum absolute atomic E-state index is 12.0. The van der Waals surface area contributed by atoms with Crippen molar-refractivity contribution in [1.82, 2.24) is 15.5 Å². The number of nitrogens with one attached hydrogen (secondary N) is 1. The van der Waals surface area contributed by atoms with E-state index in [9.17, 15) is 9.59 Å². The van der Waals surface area contributed by atoms with E-state index in [-0.39, 0.29) is 11.5 Å². The van der Waals surface area contributed by atoms with Crippen LogP contribution in [0.1, 0.15) is 22.7 Å². The Labute approximate surface area is 172 Å². The number of esters is 1. The minimum Gasteiger partial charge on any atom is -0.480 e. The molecule has 0 radical (unpaired) electrons. The van der Waals surface area contributed by atoms with Gasteiger partial charge in [0.2, 0.25) is 11.8 Å². The molecule has 1 aromatic heterocycles. The maximum atomic E-state index is 12.0. The van der Waals surface area contributed by atoms with Crippen molar-refractivity contribution in [3.05, 3.63) is 53.9 Å². The molecule has 30 heavy (non-hydrogen) atoms. The smallest absolute Gasteiger partial charge is 0.338 e. The van der Waals surface area contributed by atoms with Crippen LogP contribution in [0.25, 0.3) is 11.5 Å². The van der Waals surface area contributed by atoms with Crippen LogP contribution >= 0.6 is 0 Å². The number of carbonyl (C=O) groups excluding carboxylic acids is 2. The van der Waals surface area contributed by atoms with Crippen LogP contribution in [0.3, 0.4) is 0 Å². The van der Waals surface area contributed by atoms with Crippen LogP contribution in [0.5, 0.6) is 17.2 Å². The molecule has 1 fully saturated rings. The summed E-state index contributed by atoms with van der Waals surface area (Å²) >= 11 is 0. The Kier molecular flexibility index (Phi) is 5.34. The first-order valence-electron chi connectivity index (χ1n) is 9.28. The molecule has 0 aliphatic carbocycles. The lowest BCUT2D eigenvalue weighted by atomic mass is 10.2. The third-order valence-electron chi connectivity index (χ3n) is 4.44. The second kappa shape index (κ2) is 8.24. The van der Waals surface area contributed by atoms with Gasteiger partial charge in [0.15, 0.2) is 6.10 Å². The molecule has 0 spiro atoms. The number of hydrogen-bond donors (Lipinski definition) is 1. The number of benzene rings is 2. The predicted molar refractivity (Wildman–Crippen MR) is 104 cm³/mol. The first kappa shape index (κ1) is 19.4. The number of aromatic nitrogens is 2. The summed E-state index contributed by atoms with van der Waals surface area (Å²) in [6, 6.07) is 11.7. The summed E-state index contributed by atoms with van der Waals surface area (Å²) < 4.78 is 21.8. The molecule has 1 aliphatic heterocycles. The number of aryl methyl sites for hydroxylation is 1. The van der Waals surface area contributed by atoms with E-state index in [1.165, 1.54) is 13.2 Å². The number of hydrogen-bond acceptors (Lipinski definition) is 8. The molecule has 1 aliphatic rings. The van der Waals surface area contributed by atoms with Gasteiger partial charge in [-0.25, -0.2) is 4.79 Å². The molecule has 9 heteroatoms. The van der Waals surface area contributed by atoms with E-state index in [0.717, 1.165) is 5.56 Å². The van der Waals surface area contributed by atoms with Gasteiger partial charge in [-0.15, -0.1) is 10.2 Å². The molecule has 1 amide bonds. The average Bonchev–Trinajstić information content (AvgIpc) is 3.36. The quantitative estimate of drug-likeness (QED) is 0.619. The van der Waals surface area contributed by atoms with E-state index < -0.39 is 12.1 Å². The predicted octanol–water partition coefficient (Wildman–Crippen LogP) is 2.89. The van der Waals surface area contributed by atoms with Crippen molar-refractivity contribution in [2.45, 2.75) is 19.4 Å². The average molecular weight is 409 g/mol. The first-order chi connectivity index (χ1) is 14.5. The number of ether oxygens (including phenoxy) is 3. The van der Waals surface area contributed by atoms with E-state index >= 15 is 0 Å². The number of methoxy groups -OCH3 is 1. The van der Waals surface area contributed by atoms with Gasteiger partial charge in [0.25, 0.3) is 5.91 Å².